The number of anilines is 1. The van der Waals surface area contributed by atoms with Gasteiger partial charge >= 0.3 is 0 Å². The fourth-order valence-electron chi connectivity index (χ4n) is 1.05. The summed E-state index contributed by atoms with van der Waals surface area (Å²) in [6, 6.07) is 3.08. The third-order valence-corrected chi connectivity index (χ3v) is 2.66. The molecule has 0 fully saturated rings. The molecule has 1 aromatic heterocycles. The van der Waals surface area contributed by atoms with E-state index in [9.17, 15) is 10.1 Å². The highest BCUT2D eigenvalue weighted by molar-refractivity contribution is 5.40. The Morgan fingerprint density at radius 1 is 1.50 bits per heavy atom. The summed E-state index contributed by atoms with van der Waals surface area (Å²) in [5.74, 6) is 0.673. The Kier molecular flexibility index (Phi) is 3.82. The van der Waals surface area contributed by atoms with E-state index >= 15 is 0 Å². The van der Waals surface area contributed by atoms with Gasteiger partial charge in [0.2, 0.25) is 0 Å². The molecule has 0 amide bonds. The van der Waals surface area contributed by atoms with Gasteiger partial charge in [0, 0.05) is 12.6 Å². The second-order valence-corrected chi connectivity index (χ2v) is 4.53. The number of aromatic nitrogens is 1. The van der Waals surface area contributed by atoms with Gasteiger partial charge in [-0.3, -0.25) is 10.1 Å². The Hall–Kier alpha value is -1.65. The van der Waals surface area contributed by atoms with Crippen LogP contribution in [0.25, 0.3) is 0 Å². The topological polar surface area (TPSA) is 68.1 Å². The maximum Gasteiger partial charge on any atom is 0.287 e. The van der Waals surface area contributed by atoms with Gasteiger partial charge in [-0.05, 0) is 17.9 Å². The zero-order valence-electron chi connectivity index (χ0n) is 9.86. The molecule has 0 aliphatic rings. The molecule has 0 saturated carbocycles. The molecule has 0 aromatic carbocycles. The highest BCUT2D eigenvalue weighted by Gasteiger charge is 2.14. The molecule has 88 valence electrons. The van der Waals surface area contributed by atoms with Crippen molar-refractivity contribution in [1.82, 2.24) is 4.98 Å². The quantitative estimate of drug-likeness (QED) is 0.615. The maximum atomic E-state index is 10.4. The SMILES string of the molecule is CCC(C)(C)CNc1ccc([N+](=O)[O-])cn1. The number of rotatable bonds is 5. The van der Waals surface area contributed by atoms with Crippen molar-refractivity contribution in [2.24, 2.45) is 5.41 Å². The third kappa shape index (κ3) is 3.49. The average Bonchev–Trinajstić information content (AvgIpc) is 2.27. The van der Waals surface area contributed by atoms with Gasteiger partial charge in [0.1, 0.15) is 12.0 Å². The van der Waals surface area contributed by atoms with Crippen LogP contribution in [0, 0.1) is 15.5 Å². The second kappa shape index (κ2) is 4.92. The van der Waals surface area contributed by atoms with E-state index in [0.29, 0.717) is 5.82 Å². The molecule has 5 heteroatoms. The van der Waals surface area contributed by atoms with Crippen molar-refractivity contribution < 1.29 is 4.92 Å². The Labute approximate surface area is 95.0 Å². The van der Waals surface area contributed by atoms with Gasteiger partial charge in [0.05, 0.1) is 4.92 Å². The van der Waals surface area contributed by atoms with Crippen molar-refractivity contribution in [3.63, 3.8) is 0 Å². The Balaban J connectivity index is 2.59. The maximum absolute atomic E-state index is 10.4. The van der Waals surface area contributed by atoms with Crippen LogP contribution in [0.4, 0.5) is 11.5 Å². The van der Waals surface area contributed by atoms with Crippen molar-refractivity contribution in [3.8, 4) is 0 Å². The first-order chi connectivity index (χ1) is 7.44. The van der Waals surface area contributed by atoms with Crippen molar-refractivity contribution >= 4 is 11.5 Å². The number of pyridine rings is 1. The second-order valence-electron chi connectivity index (χ2n) is 4.53. The predicted molar refractivity (Wildman–Crippen MR) is 63.5 cm³/mol. The molecular formula is C11H17N3O2. The van der Waals surface area contributed by atoms with Gasteiger partial charge in [-0.25, -0.2) is 4.98 Å². The first-order valence-corrected chi connectivity index (χ1v) is 5.29. The molecule has 0 atom stereocenters. The monoisotopic (exact) mass is 223 g/mol. The Morgan fingerprint density at radius 3 is 2.62 bits per heavy atom. The van der Waals surface area contributed by atoms with Crippen molar-refractivity contribution in [2.75, 3.05) is 11.9 Å². The normalized spacial score (nSPS) is 11.2. The molecule has 1 rings (SSSR count). The number of hydrogen-bond acceptors (Lipinski definition) is 4. The molecule has 1 heterocycles. The van der Waals surface area contributed by atoms with E-state index in [2.05, 4.69) is 31.1 Å². The van der Waals surface area contributed by atoms with E-state index in [1.54, 1.807) is 6.07 Å². The lowest BCUT2D eigenvalue weighted by molar-refractivity contribution is -0.385. The van der Waals surface area contributed by atoms with Crippen LogP contribution in [0.5, 0.6) is 0 Å². The van der Waals surface area contributed by atoms with E-state index < -0.39 is 4.92 Å². The molecule has 0 unspecified atom stereocenters. The Bertz CT molecular complexity index is 360. The molecule has 0 radical (unpaired) electrons. The van der Waals surface area contributed by atoms with Gasteiger partial charge < -0.3 is 5.32 Å². The van der Waals surface area contributed by atoms with Crippen LogP contribution in [-0.4, -0.2) is 16.5 Å². The molecule has 1 aromatic rings. The van der Waals surface area contributed by atoms with Gasteiger partial charge in [-0.1, -0.05) is 20.8 Å². The lowest BCUT2D eigenvalue weighted by Gasteiger charge is -2.23. The first kappa shape index (κ1) is 12.4. The molecular weight excluding hydrogens is 206 g/mol. The molecule has 0 bridgehead atoms. The summed E-state index contributed by atoms with van der Waals surface area (Å²) in [7, 11) is 0. The van der Waals surface area contributed by atoms with Crippen molar-refractivity contribution in [1.29, 1.82) is 0 Å². The first-order valence-electron chi connectivity index (χ1n) is 5.29. The summed E-state index contributed by atoms with van der Waals surface area (Å²) >= 11 is 0. The number of nitro groups is 1. The minimum atomic E-state index is -0.452. The molecule has 0 saturated heterocycles. The van der Waals surface area contributed by atoms with Gasteiger partial charge in [-0.15, -0.1) is 0 Å². The van der Waals surface area contributed by atoms with Crippen LogP contribution in [0.15, 0.2) is 18.3 Å². The minimum Gasteiger partial charge on any atom is -0.370 e. The number of hydrogen-bond donors (Lipinski definition) is 1. The summed E-state index contributed by atoms with van der Waals surface area (Å²) in [5.41, 5.74) is 0.212. The smallest absolute Gasteiger partial charge is 0.287 e. The number of nitrogens with zero attached hydrogens (tertiary/aromatic N) is 2. The number of nitrogens with one attached hydrogen (secondary N) is 1. The van der Waals surface area contributed by atoms with Crippen LogP contribution in [-0.2, 0) is 0 Å². The van der Waals surface area contributed by atoms with E-state index in [4.69, 9.17) is 0 Å². The van der Waals surface area contributed by atoms with E-state index in [0.717, 1.165) is 13.0 Å². The van der Waals surface area contributed by atoms with Gasteiger partial charge in [0.15, 0.2) is 0 Å². The van der Waals surface area contributed by atoms with Gasteiger partial charge in [0.25, 0.3) is 5.69 Å². The largest absolute Gasteiger partial charge is 0.370 e. The third-order valence-electron chi connectivity index (χ3n) is 2.66. The average molecular weight is 223 g/mol. The summed E-state index contributed by atoms with van der Waals surface area (Å²) < 4.78 is 0. The van der Waals surface area contributed by atoms with Crippen molar-refractivity contribution in [2.45, 2.75) is 27.2 Å². The lowest BCUT2D eigenvalue weighted by atomic mass is 9.90. The van der Waals surface area contributed by atoms with Crippen LogP contribution < -0.4 is 5.32 Å². The molecule has 1 N–H and O–H groups in total. The molecule has 0 aliphatic carbocycles. The summed E-state index contributed by atoms with van der Waals surface area (Å²) in [6.07, 6.45) is 2.33. The van der Waals surface area contributed by atoms with Gasteiger partial charge in [-0.2, -0.15) is 0 Å². The zero-order valence-corrected chi connectivity index (χ0v) is 9.86. The van der Waals surface area contributed by atoms with E-state index in [-0.39, 0.29) is 11.1 Å². The summed E-state index contributed by atoms with van der Waals surface area (Å²) in [4.78, 5) is 14.0. The van der Waals surface area contributed by atoms with Crippen molar-refractivity contribution in [3.05, 3.63) is 28.4 Å². The zero-order chi connectivity index (χ0) is 12.2. The predicted octanol–water partition coefficient (Wildman–Crippen LogP) is 2.84. The highest BCUT2D eigenvalue weighted by atomic mass is 16.6. The van der Waals surface area contributed by atoms with Crippen LogP contribution in [0.3, 0.4) is 0 Å². The molecule has 5 nitrogen and oxygen atoms in total. The lowest BCUT2D eigenvalue weighted by Crippen LogP contribution is -2.22. The van der Waals surface area contributed by atoms with Crippen LogP contribution in [0.2, 0.25) is 0 Å². The minimum absolute atomic E-state index is 0.0142. The van der Waals surface area contributed by atoms with E-state index in [1.807, 2.05) is 0 Å². The summed E-state index contributed by atoms with van der Waals surface area (Å²) in [5, 5.41) is 13.6. The standard InChI is InChI=1S/C11H17N3O2/c1-4-11(2,3)8-13-10-6-5-9(7-12-10)14(15)16/h5-7H,4,8H2,1-3H3,(H,12,13). The van der Waals surface area contributed by atoms with Crippen LogP contribution >= 0.6 is 0 Å². The highest BCUT2D eigenvalue weighted by Crippen LogP contribution is 2.20. The molecule has 0 spiro atoms. The van der Waals surface area contributed by atoms with E-state index in [1.165, 1.54) is 12.3 Å². The molecule has 0 aliphatic heterocycles. The Morgan fingerprint density at radius 2 is 2.19 bits per heavy atom. The fourth-order valence-corrected chi connectivity index (χ4v) is 1.05. The van der Waals surface area contributed by atoms with Crippen LogP contribution in [0.1, 0.15) is 27.2 Å². The summed E-state index contributed by atoms with van der Waals surface area (Å²) in [6.45, 7) is 7.25. The molecule has 16 heavy (non-hydrogen) atoms. The fraction of sp³-hybridized carbons (Fsp3) is 0.545.